The minimum atomic E-state index is -2.98. The average molecular weight is 373 g/mol. The molecule has 0 bridgehead atoms. The number of rotatable bonds is 6. The first-order chi connectivity index (χ1) is 11.9. The van der Waals surface area contributed by atoms with Crippen LogP contribution in [-0.4, -0.2) is 26.9 Å². The molecule has 0 radical (unpaired) electrons. The number of urea groups is 1. The molecule has 2 aromatic rings. The highest BCUT2D eigenvalue weighted by atomic mass is 35.5. The van der Waals surface area contributed by atoms with E-state index in [4.69, 9.17) is 21.1 Å². The molecular weight excluding hydrogens is 358 g/mol. The zero-order valence-corrected chi connectivity index (χ0v) is 14.1. The van der Waals surface area contributed by atoms with Gasteiger partial charge in [0.05, 0.1) is 19.2 Å². The van der Waals surface area contributed by atoms with E-state index in [1.807, 2.05) is 0 Å². The molecule has 0 spiro atoms. The molecule has 134 valence electrons. The van der Waals surface area contributed by atoms with E-state index in [1.54, 1.807) is 18.2 Å². The maximum absolute atomic E-state index is 12.2. The van der Waals surface area contributed by atoms with Crippen LogP contribution in [0.3, 0.4) is 0 Å². The lowest BCUT2D eigenvalue weighted by Crippen LogP contribution is -2.19. The third kappa shape index (κ3) is 5.12. The van der Waals surface area contributed by atoms with Gasteiger partial charge in [-0.25, -0.2) is 4.79 Å². The summed E-state index contributed by atoms with van der Waals surface area (Å²) in [6.45, 7) is -2.98. The van der Waals surface area contributed by atoms with E-state index in [1.165, 1.54) is 32.4 Å². The number of benzene rings is 2. The number of nitrogens with one attached hydrogen (secondary N) is 2. The Morgan fingerprint density at radius 1 is 0.960 bits per heavy atom. The van der Waals surface area contributed by atoms with Crippen molar-refractivity contribution in [1.29, 1.82) is 0 Å². The highest BCUT2D eigenvalue weighted by Crippen LogP contribution is 2.31. The molecule has 0 aliphatic rings. The average Bonchev–Trinajstić information content (AvgIpc) is 2.56. The molecule has 2 amide bonds. The number of carbonyl (C=O) groups is 1. The SMILES string of the molecule is COc1ccc(NC(=O)Nc2ccc(OC(F)F)c(Cl)c2)cc1OC. The molecule has 0 saturated carbocycles. The predicted molar refractivity (Wildman–Crippen MR) is 90.3 cm³/mol. The summed E-state index contributed by atoms with van der Waals surface area (Å²) in [5, 5.41) is 5.08. The number of alkyl halides is 2. The Bertz CT molecular complexity index is 759. The summed E-state index contributed by atoms with van der Waals surface area (Å²) in [7, 11) is 2.98. The molecule has 0 aliphatic heterocycles. The number of anilines is 2. The van der Waals surface area contributed by atoms with E-state index >= 15 is 0 Å². The van der Waals surface area contributed by atoms with Gasteiger partial charge in [0.15, 0.2) is 11.5 Å². The molecule has 2 N–H and O–H groups in total. The summed E-state index contributed by atoms with van der Waals surface area (Å²) in [6, 6.07) is 8.23. The van der Waals surface area contributed by atoms with Crippen molar-refractivity contribution in [2.75, 3.05) is 24.9 Å². The van der Waals surface area contributed by atoms with Gasteiger partial charge in [0.2, 0.25) is 0 Å². The van der Waals surface area contributed by atoms with Crippen molar-refractivity contribution in [3.05, 3.63) is 41.4 Å². The van der Waals surface area contributed by atoms with E-state index < -0.39 is 12.6 Å². The van der Waals surface area contributed by atoms with Crippen LogP contribution in [0.1, 0.15) is 0 Å². The van der Waals surface area contributed by atoms with Crippen molar-refractivity contribution < 1.29 is 27.8 Å². The largest absolute Gasteiger partial charge is 0.493 e. The van der Waals surface area contributed by atoms with Crippen LogP contribution in [0.25, 0.3) is 0 Å². The Labute approximate surface area is 147 Å². The van der Waals surface area contributed by atoms with Crippen LogP contribution >= 0.6 is 11.6 Å². The Kier molecular flexibility index (Phi) is 6.24. The number of hydrogen-bond donors (Lipinski definition) is 2. The number of ether oxygens (including phenoxy) is 3. The first-order valence-electron chi connectivity index (χ1n) is 6.97. The van der Waals surface area contributed by atoms with Crippen LogP contribution in [0.4, 0.5) is 25.0 Å². The van der Waals surface area contributed by atoms with Crippen molar-refractivity contribution in [2.45, 2.75) is 6.61 Å². The second-order valence-electron chi connectivity index (χ2n) is 4.67. The Morgan fingerprint density at radius 2 is 1.52 bits per heavy atom. The van der Waals surface area contributed by atoms with Crippen LogP contribution in [0.2, 0.25) is 5.02 Å². The first-order valence-corrected chi connectivity index (χ1v) is 7.35. The predicted octanol–water partition coefficient (Wildman–Crippen LogP) is 4.60. The molecule has 2 rings (SSSR count). The molecule has 2 aromatic carbocycles. The standard InChI is InChI=1S/C16H15ClF2N2O4/c1-23-13-6-4-10(8-14(13)24-2)21-16(22)20-9-3-5-12(11(17)7-9)25-15(18)19/h3-8,15H,1-2H3,(H2,20,21,22). The minimum absolute atomic E-state index is 0.0517. The highest BCUT2D eigenvalue weighted by molar-refractivity contribution is 6.32. The molecule has 9 heteroatoms. The van der Waals surface area contributed by atoms with Gasteiger partial charge in [-0.3, -0.25) is 0 Å². The molecule has 0 aliphatic carbocycles. The second kappa shape index (κ2) is 8.39. The molecular formula is C16H15ClF2N2O4. The van der Waals surface area contributed by atoms with E-state index in [0.717, 1.165) is 0 Å². The van der Waals surface area contributed by atoms with Gasteiger partial charge in [-0.2, -0.15) is 8.78 Å². The lowest BCUT2D eigenvalue weighted by Gasteiger charge is -2.12. The summed E-state index contributed by atoms with van der Waals surface area (Å²) in [5.74, 6) is 0.800. The third-order valence-electron chi connectivity index (χ3n) is 3.05. The lowest BCUT2D eigenvalue weighted by molar-refractivity contribution is -0.0497. The summed E-state index contributed by atoms with van der Waals surface area (Å²) in [6.07, 6.45) is 0. The summed E-state index contributed by atoms with van der Waals surface area (Å²) in [5.41, 5.74) is 0.781. The van der Waals surface area contributed by atoms with Crippen LogP contribution in [0, 0.1) is 0 Å². The van der Waals surface area contributed by atoms with Gasteiger partial charge in [-0.05, 0) is 30.3 Å². The van der Waals surface area contributed by atoms with Gasteiger partial charge in [-0.1, -0.05) is 11.6 Å². The highest BCUT2D eigenvalue weighted by Gasteiger charge is 2.11. The van der Waals surface area contributed by atoms with E-state index in [2.05, 4.69) is 15.4 Å². The topological polar surface area (TPSA) is 68.8 Å². The maximum atomic E-state index is 12.2. The molecule has 0 unspecified atom stereocenters. The molecule has 0 fully saturated rings. The van der Waals surface area contributed by atoms with Gasteiger partial charge in [0, 0.05) is 17.4 Å². The zero-order chi connectivity index (χ0) is 18.4. The Hall–Kier alpha value is -2.74. The number of halogens is 3. The first kappa shape index (κ1) is 18.6. The van der Waals surface area contributed by atoms with Crippen LogP contribution in [0.5, 0.6) is 17.2 Å². The van der Waals surface area contributed by atoms with Crippen molar-refractivity contribution in [3.8, 4) is 17.2 Å². The van der Waals surface area contributed by atoms with Crippen LogP contribution in [0.15, 0.2) is 36.4 Å². The normalized spacial score (nSPS) is 10.3. The molecule has 0 aromatic heterocycles. The van der Waals surface area contributed by atoms with Crippen molar-refractivity contribution >= 4 is 29.0 Å². The monoisotopic (exact) mass is 372 g/mol. The Balaban J connectivity index is 2.04. The fourth-order valence-corrected chi connectivity index (χ4v) is 2.20. The van der Waals surface area contributed by atoms with Gasteiger partial charge in [-0.15, -0.1) is 0 Å². The summed E-state index contributed by atoms with van der Waals surface area (Å²) in [4.78, 5) is 12.0. The zero-order valence-electron chi connectivity index (χ0n) is 13.3. The van der Waals surface area contributed by atoms with Gasteiger partial charge >= 0.3 is 12.6 Å². The third-order valence-corrected chi connectivity index (χ3v) is 3.34. The number of methoxy groups -OCH3 is 2. The van der Waals surface area contributed by atoms with Gasteiger partial charge in [0.25, 0.3) is 0 Å². The van der Waals surface area contributed by atoms with Crippen molar-refractivity contribution in [2.24, 2.45) is 0 Å². The van der Waals surface area contributed by atoms with E-state index in [0.29, 0.717) is 22.9 Å². The second-order valence-corrected chi connectivity index (χ2v) is 5.08. The van der Waals surface area contributed by atoms with Crippen molar-refractivity contribution in [1.82, 2.24) is 0 Å². The van der Waals surface area contributed by atoms with Crippen LogP contribution < -0.4 is 24.8 Å². The molecule has 0 atom stereocenters. The summed E-state index contributed by atoms with van der Waals surface area (Å²) >= 11 is 5.83. The van der Waals surface area contributed by atoms with Crippen molar-refractivity contribution in [3.63, 3.8) is 0 Å². The van der Waals surface area contributed by atoms with Gasteiger partial charge < -0.3 is 24.8 Å². The minimum Gasteiger partial charge on any atom is -0.493 e. The van der Waals surface area contributed by atoms with Gasteiger partial charge in [0.1, 0.15) is 5.75 Å². The quantitative estimate of drug-likeness (QED) is 0.777. The van der Waals surface area contributed by atoms with E-state index in [-0.39, 0.29) is 10.8 Å². The number of amides is 2. The maximum Gasteiger partial charge on any atom is 0.387 e. The fourth-order valence-electron chi connectivity index (χ4n) is 1.98. The van der Waals surface area contributed by atoms with Crippen LogP contribution in [-0.2, 0) is 0 Å². The Morgan fingerprint density at radius 3 is 2.04 bits per heavy atom. The summed E-state index contributed by atoms with van der Waals surface area (Å²) < 4.78 is 38.9. The fraction of sp³-hybridized carbons (Fsp3) is 0.188. The molecule has 6 nitrogen and oxygen atoms in total. The number of hydrogen-bond acceptors (Lipinski definition) is 4. The molecule has 0 saturated heterocycles. The molecule has 25 heavy (non-hydrogen) atoms. The smallest absolute Gasteiger partial charge is 0.387 e. The molecule has 0 heterocycles. The lowest BCUT2D eigenvalue weighted by atomic mass is 10.2. The van der Waals surface area contributed by atoms with E-state index in [9.17, 15) is 13.6 Å². The number of carbonyl (C=O) groups excluding carboxylic acids is 1.